The molecule has 26 heteroatoms. The van der Waals surface area contributed by atoms with Crippen molar-refractivity contribution in [1.82, 2.24) is 28.2 Å². The first kappa shape index (κ1) is 51.6. The zero-order chi connectivity index (χ0) is 53.2. The number of nitrogens with one attached hydrogen (secondary N) is 1. The largest absolute Gasteiger partial charge is 0.444 e. The van der Waals surface area contributed by atoms with Crippen molar-refractivity contribution in [2.45, 2.75) is 100 Å². The normalized spacial score (nSPS) is 14.9. The number of sulfone groups is 2. The molecule has 3 N–H and O–H groups in total. The van der Waals surface area contributed by atoms with Gasteiger partial charge in [0, 0.05) is 57.7 Å². The van der Waals surface area contributed by atoms with Gasteiger partial charge in [0.25, 0.3) is 11.1 Å². The highest BCUT2D eigenvalue weighted by atomic mass is 32.2. The van der Waals surface area contributed by atoms with E-state index in [2.05, 4.69) is 15.3 Å². The average molecular weight is 1090 g/mol. The number of anilines is 2. The van der Waals surface area contributed by atoms with Crippen molar-refractivity contribution in [2.75, 3.05) is 22.6 Å². The molecule has 2 aliphatic rings. The molecule has 0 spiro atoms. The van der Waals surface area contributed by atoms with Gasteiger partial charge >= 0.3 is 18.4 Å². The first-order chi connectivity index (χ1) is 33.9. The van der Waals surface area contributed by atoms with Crippen LogP contribution in [0.5, 0.6) is 0 Å². The molecule has 2 aromatic carbocycles. The fourth-order valence-electron chi connectivity index (χ4n) is 8.69. The van der Waals surface area contributed by atoms with Crippen LogP contribution in [0.15, 0.2) is 67.9 Å². The fourth-order valence-corrected chi connectivity index (χ4v) is 14.5. The van der Waals surface area contributed by atoms with Crippen molar-refractivity contribution in [3.05, 3.63) is 80.6 Å². The summed E-state index contributed by atoms with van der Waals surface area (Å²) in [7, 11) is -4.58. The lowest BCUT2D eigenvalue weighted by molar-refractivity contribution is -0.144. The van der Waals surface area contributed by atoms with Crippen LogP contribution in [0, 0.1) is 0 Å². The van der Waals surface area contributed by atoms with E-state index in [4.69, 9.17) is 10.5 Å². The molecule has 1 amide bonds. The number of nitrogens with zero attached hydrogens (tertiary/aromatic N) is 6. The lowest BCUT2D eigenvalue weighted by atomic mass is 10.2. The molecule has 0 radical (unpaired) electrons. The molecule has 0 atom stereocenters. The number of carbonyl (C=O) groups excluding carboxylic acids is 1. The van der Waals surface area contributed by atoms with Gasteiger partial charge in [-0.15, -0.1) is 22.7 Å². The van der Waals surface area contributed by atoms with Gasteiger partial charge in [-0.25, -0.2) is 31.6 Å². The second kappa shape index (κ2) is 17.7. The van der Waals surface area contributed by atoms with E-state index in [1.807, 2.05) is 0 Å². The minimum Gasteiger partial charge on any atom is -0.444 e. The van der Waals surface area contributed by atoms with Crippen molar-refractivity contribution < 1.29 is 52.7 Å². The first-order valence-corrected chi connectivity index (χ1v) is 27.6. The maximum Gasteiger partial charge on any atom is 0.431 e. The van der Waals surface area contributed by atoms with E-state index in [0.29, 0.717) is 57.2 Å². The molecule has 10 rings (SSSR count). The first-order valence-electron chi connectivity index (χ1n) is 22.7. The van der Waals surface area contributed by atoms with Crippen LogP contribution in [-0.4, -0.2) is 68.3 Å². The number of carbonyl (C=O) groups is 1. The van der Waals surface area contributed by atoms with Crippen LogP contribution in [0.25, 0.3) is 63.6 Å². The van der Waals surface area contributed by atoms with E-state index >= 15 is 0 Å². The number of benzene rings is 2. The molecular weight excluding hydrogens is 1050 g/mol. The lowest BCUT2D eigenvalue weighted by Crippen LogP contribution is -2.28. The monoisotopic (exact) mass is 1090 g/mol. The Balaban J connectivity index is 0.000000183. The van der Waals surface area contributed by atoms with Gasteiger partial charge in [-0.1, -0.05) is 26.0 Å². The van der Waals surface area contributed by atoms with Gasteiger partial charge in [0.05, 0.1) is 42.1 Å². The summed E-state index contributed by atoms with van der Waals surface area (Å²) in [5, 5.41) is 3.45. The molecule has 73 heavy (non-hydrogen) atoms. The van der Waals surface area contributed by atoms with Crippen molar-refractivity contribution in [3.63, 3.8) is 0 Å². The number of aryl methyl sites for hydroxylation is 2. The highest BCUT2D eigenvalue weighted by molar-refractivity contribution is 7.92. The van der Waals surface area contributed by atoms with E-state index in [1.165, 1.54) is 43.1 Å². The van der Waals surface area contributed by atoms with Crippen LogP contribution in [0.3, 0.4) is 0 Å². The Kier molecular flexibility index (Phi) is 12.5. The predicted molar refractivity (Wildman–Crippen MR) is 268 cm³/mol. The molecule has 0 aliphatic heterocycles. The number of nitrogens with two attached hydrogens (primary N) is 1. The van der Waals surface area contributed by atoms with Crippen LogP contribution >= 0.6 is 22.7 Å². The van der Waals surface area contributed by atoms with Gasteiger partial charge < -0.3 is 19.6 Å². The minimum atomic E-state index is -4.76. The number of fused-ring (bicyclic) bond motifs is 4. The van der Waals surface area contributed by atoms with E-state index in [1.54, 1.807) is 51.1 Å². The predicted octanol–water partition coefficient (Wildman–Crippen LogP) is 10.5. The third-order valence-electron chi connectivity index (χ3n) is 12.3. The van der Waals surface area contributed by atoms with Crippen molar-refractivity contribution in [1.29, 1.82) is 0 Å². The van der Waals surface area contributed by atoms with Crippen LogP contribution in [0.1, 0.15) is 83.8 Å². The fraction of sp³-hybridized carbons (Fsp3) is 0.383. The number of hydrogen-bond donors (Lipinski definition) is 2. The number of halogens is 6. The number of rotatable bonds is 9. The standard InChI is InChI=1S/C26H27F3N4O5S2.C21H19F3N4O3S2/c1-6-40(36,37)21-15-10-7-13(30-24(35)38-25(2,3)4)11-17(15)39-20(21)22-31-16-12-18(26(27,28)29)33(14-8-9-14)23(34)19(16)32(22)5;1-3-33(30,31)18-12-7-4-10(25)8-14(12)32-17(18)19-26-13-9-15(21(22,23)24)28(11-5-6-11)20(29)16(13)27(19)2/h7,10-12,14H,6,8-9H2,1-5H3,(H,30,35);4,7-9,11H,3,5-6,25H2,1-2H3. The van der Waals surface area contributed by atoms with Gasteiger partial charge in [-0.05, 0) is 82.9 Å². The van der Waals surface area contributed by atoms with Gasteiger partial charge in [-0.2, -0.15) is 26.3 Å². The summed E-state index contributed by atoms with van der Waals surface area (Å²) >= 11 is 2.18. The van der Waals surface area contributed by atoms with Crippen LogP contribution < -0.4 is 22.2 Å². The number of thiophene rings is 2. The van der Waals surface area contributed by atoms with Gasteiger partial charge in [-0.3, -0.25) is 24.0 Å². The molecule has 6 heterocycles. The van der Waals surface area contributed by atoms with E-state index in [-0.39, 0.29) is 64.8 Å². The van der Waals surface area contributed by atoms with Gasteiger partial charge in [0.2, 0.25) is 0 Å². The zero-order valence-electron chi connectivity index (χ0n) is 39.9. The number of ether oxygens (including phenoxy) is 1. The van der Waals surface area contributed by atoms with Crippen LogP contribution in [0.2, 0.25) is 0 Å². The number of imidazole rings is 2. The molecule has 6 aromatic heterocycles. The Bertz CT molecular complexity index is 3960. The maximum atomic E-state index is 13.9. The molecule has 2 fully saturated rings. The van der Waals surface area contributed by atoms with E-state index < -0.39 is 78.3 Å². The third-order valence-corrected chi connectivity index (χ3v) is 18.5. The summed E-state index contributed by atoms with van der Waals surface area (Å²) in [6.07, 6.45) is -8.25. The van der Waals surface area contributed by atoms with Crippen LogP contribution in [-0.2, 0) is 50.9 Å². The number of hydrogen-bond acceptors (Lipinski definition) is 13. The summed E-state index contributed by atoms with van der Waals surface area (Å²) in [6.45, 7) is 8.16. The van der Waals surface area contributed by atoms with Gasteiger partial charge in [0.1, 0.15) is 28.0 Å². The minimum absolute atomic E-state index is 0.00159. The highest BCUT2D eigenvalue weighted by Crippen LogP contribution is 2.47. The molecule has 0 unspecified atom stereocenters. The average Bonchev–Trinajstić information content (AvgIpc) is 4.17. The molecule has 8 aromatic rings. The SMILES string of the molecule is CCS(=O)(=O)c1c(-c2nc3cc(C(F)(F)F)n(C4CC4)c(=O)c3n2C)sc2cc(N)ccc12.CCS(=O)(=O)c1c(-c2nc3cc(C(F)(F)F)n(C4CC4)c(=O)c3n2C)sc2cc(NC(=O)OC(C)(C)C)ccc12. The smallest absolute Gasteiger partial charge is 0.431 e. The molecule has 16 nitrogen and oxygen atoms in total. The van der Waals surface area contributed by atoms with Crippen LogP contribution in [0.4, 0.5) is 42.5 Å². The quantitative estimate of drug-likeness (QED) is 0.102. The van der Waals surface area contributed by atoms with Crippen molar-refractivity contribution >= 4 is 102 Å². The Hall–Kier alpha value is -6.25. The Morgan fingerprint density at radius 3 is 1.49 bits per heavy atom. The highest BCUT2D eigenvalue weighted by Gasteiger charge is 2.42. The zero-order valence-corrected chi connectivity index (χ0v) is 43.2. The molecule has 2 saturated carbocycles. The van der Waals surface area contributed by atoms with E-state index in [9.17, 15) is 57.6 Å². The topological polar surface area (TPSA) is 212 Å². The molecule has 2 aliphatic carbocycles. The van der Waals surface area contributed by atoms with Gasteiger partial charge in [0.15, 0.2) is 31.3 Å². The molecular formula is C47H46F6N8O8S4. The molecule has 0 bridgehead atoms. The summed E-state index contributed by atoms with van der Waals surface area (Å²) in [5.41, 5.74) is 1.89. The maximum absolute atomic E-state index is 13.9. The van der Waals surface area contributed by atoms with Crippen molar-refractivity contribution in [3.8, 4) is 21.4 Å². The number of pyridine rings is 2. The number of amides is 1. The summed E-state index contributed by atoms with van der Waals surface area (Å²) in [6, 6.07) is 10.2. The van der Waals surface area contributed by atoms with E-state index in [0.717, 1.165) is 43.9 Å². The second-order valence-electron chi connectivity index (χ2n) is 18.7. The Morgan fingerprint density at radius 1 is 0.699 bits per heavy atom. The summed E-state index contributed by atoms with van der Waals surface area (Å²) in [4.78, 5) is 47.9. The lowest BCUT2D eigenvalue weighted by Gasteiger charge is -2.19. The Morgan fingerprint density at radius 2 is 1.11 bits per heavy atom. The summed E-state index contributed by atoms with van der Waals surface area (Å²) < 4.78 is 146. The Labute approximate surface area is 419 Å². The molecule has 388 valence electrons. The number of alkyl halides is 6. The number of aromatic nitrogens is 6. The molecule has 0 saturated heterocycles. The van der Waals surface area contributed by atoms with Crippen molar-refractivity contribution in [2.24, 2.45) is 14.1 Å². The second-order valence-corrected chi connectivity index (χ2v) is 25.3. The third kappa shape index (κ3) is 9.38. The summed E-state index contributed by atoms with van der Waals surface area (Å²) in [5.74, 6) is -0.230. The number of nitrogen functional groups attached to an aromatic ring is 1.